The van der Waals surface area contributed by atoms with Gasteiger partial charge in [0.25, 0.3) is 0 Å². The quantitative estimate of drug-likeness (QED) is 0.417. The molecule has 0 aromatic carbocycles. The van der Waals surface area contributed by atoms with Crippen LogP contribution in [-0.2, 0) is 0 Å². The van der Waals surface area contributed by atoms with Crippen molar-refractivity contribution in [3.63, 3.8) is 0 Å². The van der Waals surface area contributed by atoms with Gasteiger partial charge in [0, 0.05) is 15.9 Å². The molecule has 0 aromatic heterocycles. The Morgan fingerprint density at radius 3 is 2.45 bits per heavy atom. The molecule has 0 amide bonds. The van der Waals surface area contributed by atoms with Gasteiger partial charge in [0.15, 0.2) is 0 Å². The lowest BCUT2D eigenvalue weighted by Crippen LogP contribution is -1.91. The molecule has 0 spiro atoms. The Morgan fingerprint density at radius 1 is 1.18 bits per heavy atom. The number of hydrogen-bond donors (Lipinski definition) is 0. The van der Waals surface area contributed by atoms with E-state index in [1.165, 1.54) is 18.5 Å². The summed E-state index contributed by atoms with van der Waals surface area (Å²) in [6, 6.07) is 2.70. The van der Waals surface area contributed by atoms with Crippen molar-refractivity contribution < 1.29 is 8.78 Å². The van der Waals surface area contributed by atoms with E-state index in [-0.39, 0.29) is 15.9 Å². The number of hydrogen-bond acceptors (Lipinski definition) is 0. The minimum absolute atomic E-state index is 0.105. The lowest BCUT2D eigenvalue weighted by Gasteiger charge is -1.98. The summed E-state index contributed by atoms with van der Waals surface area (Å²) in [6.45, 7) is 2.21. The Labute approximate surface area is 70.2 Å². The van der Waals surface area contributed by atoms with E-state index >= 15 is 0 Å². The van der Waals surface area contributed by atoms with Crippen LogP contribution in [0.15, 0.2) is 0 Å². The molecule has 0 aromatic rings. The molecule has 11 heavy (non-hydrogen) atoms. The molecule has 0 saturated carbocycles. The Balaban J connectivity index is 2.80. The molecule has 0 aliphatic rings. The summed E-state index contributed by atoms with van der Waals surface area (Å²) < 4.78 is 23.2. The first-order valence-electron chi connectivity index (χ1n) is 4.55. The fraction of sp³-hybridized carbons (Fsp3) is 1.00. The maximum absolute atomic E-state index is 11.6. The van der Waals surface area contributed by atoms with Gasteiger partial charge in [-0.3, -0.25) is 0 Å². The van der Waals surface area contributed by atoms with Gasteiger partial charge < -0.3 is 0 Å². The van der Waals surface area contributed by atoms with Crippen molar-refractivity contribution in [2.24, 2.45) is 0 Å². The third-order valence-corrected chi connectivity index (χ3v) is 3.48. The smallest absolute Gasteiger partial charge is 0.211 e. The zero-order chi connectivity index (χ0) is 8.53. The van der Waals surface area contributed by atoms with E-state index in [1.54, 1.807) is 0 Å². The predicted octanol–water partition coefficient (Wildman–Crippen LogP) is 2.84. The average Bonchev–Trinajstić information content (AvgIpc) is 1.96. The Bertz CT molecular complexity index is 76.5. The van der Waals surface area contributed by atoms with Crippen LogP contribution in [0.5, 0.6) is 0 Å². The normalized spacial score (nSPS) is 12.0. The predicted molar refractivity (Wildman–Crippen MR) is 48.3 cm³/mol. The molecule has 68 valence electrons. The standard InChI is InChI=1S/C8H18F2Si/c1-2-11-7-5-3-4-6-8(9)10/h8H,2-7,11H2,1H3. The lowest BCUT2D eigenvalue weighted by molar-refractivity contribution is 0.134. The van der Waals surface area contributed by atoms with Gasteiger partial charge in [0.05, 0.1) is 0 Å². The van der Waals surface area contributed by atoms with Gasteiger partial charge in [-0.15, -0.1) is 0 Å². The highest BCUT2D eigenvalue weighted by Crippen LogP contribution is 2.08. The highest BCUT2D eigenvalue weighted by molar-refractivity contribution is 6.35. The lowest BCUT2D eigenvalue weighted by atomic mass is 10.2. The molecule has 3 heteroatoms. The van der Waals surface area contributed by atoms with E-state index in [1.807, 2.05) is 0 Å². The van der Waals surface area contributed by atoms with Crippen LogP contribution in [0.1, 0.15) is 32.6 Å². The SMILES string of the molecule is CC[SiH2]CCCCCC(F)F. The fourth-order valence-electron chi connectivity index (χ4n) is 1.08. The summed E-state index contributed by atoms with van der Waals surface area (Å²) >= 11 is 0. The Hall–Kier alpha value is 0.0769. The van der Waals surface area contributed by atoms with Crippen LogP contribution in [-0.4, -0.2) is 15.9 Å². The fourth-order valence-corrected chi connectivity index (χ4v) is 2.29. The van der Waals surface area contributed by atoms with E-state index in [2.05, 4.69) is 6.92 Å². The molecular formula is C8H18F2Si. The third kappa shape index (κ3) is 10.1. The summed E-state index contributed by atoms with van der Waals surface area (Å²) in [6.07, 6.45) is 0.937. The van der Waals surface area contributed by atoms with Crippen molar-refractivity contribution in [1.29, 1.82) is 0 Å². The summed E-state index contributed by atoms with van der Waals surface area (Å²) in [5.41, 5.74) is 0. The monoisotopic (exact) mass is 180 g/mol. The number of unbranched alkanes of at least 4 members (excludes halogenated alkanes) is 2. The highest BCUT2D eigenvalue weighted by atomic mass is 28.2. The van der Waals surface area contributed by atoms with Crippen LogP contribution in [0, 0.1) is 0 Å². The molecule has 0 rings (SSSR count). The molecule has 0 saturated heterocycles. The summed E-state index contributed by atoms with van der Waals surface area (Å²) in [7, 11) is 0.187. The topological polar surface area (TPSA) is 0 Å². The average molecular weight is 180 g/mol. The van der Waals surface area contributed by atoms with Crippen molar-refractivity contribution in [1.82, 2.24) is 0 Å². The zero-order valence-electron chi connectivity index (χ0n) is 7.28. The Kier molecular flexibility index (Phi) is 8.23. The van der Waals surface area contributed by atoms with Gasteiger partial charge in [-0.05, 0) is 6.42 Å². The van der Waals surface area contributed by atoms with Gasteiger partial charge in [-0.1, -0.05) is 31.9 Å². The summed E-state index contributed by atoms with van der Waals surface area (Å²) in [4.78, 5) is 0. The van der Waals surface area contributed by atoms with Crippen molar-refractivity contribution in [2.45, 2.75) is 51.1 Å². The Morgan fingerprint density at radius 2 is 1.91 bits per heavy atom. The van der Waals surface area contributed by atoms with Gasteiger partial charge in [0.2, 0.25) is 6.43 Å². The minimum atomic E-state index is -2.08. The maximum atomic E-state index is 11.6. The van der Waals surface area contributed by atoms with E-state index in [9.17, 15) is 8.78 Å². The highest BCUT2D eigenvalue weighted by Gasteiger charge is 2.00. The van der Waals surface area contributed by atoms with Gasteiger partial charge >= 0.3 is 0 Å². The molecule has 0 atom stereocenters. The first kappa shape index (κ1) is 11.1. The van der Waals surface area contributed by atoms with Crippen molar-refractivity contribution in [3.05, 3.63) is 0 Å². The molecule has 0 aliphatic carbocycles. The molecule has 0 bridgehead atoms. The van der Waals surface area contributed by atoms with Crippen LogP contribution in [0.2, 0.25) is 12.1 Å². The van der Waals surface area contributed by atoms with E-state index in [4.69, 9.17) is 0 Å². The van der Waals surface area contributed by atoms with Crippen LogP contribution in [0.25, 0.3) is 0 Å². The van der Waals surface area contributed by atoms with E-state index in [0.717, 1.165) is 12.8 Å². The van der Waals surface area contributed by atoms with E-state index in [0.29, 0.717) is 0 Å². The van der Waals surface area contributed by atoms with E-state index < -0.39 is 6.43 Å². The largest absolute Gasteiger partial charge is 0.238 e. The second kappa shape index (κ2) is 8.18. The summed E-state index contributed by atoms with van der Waals surface area (Å²) in [5.74, 6) is 0. The third-order valence-electron chi connectivity index (χ3n) is 1.78. The second-order valence-electron chi connectivity index (χ2n) is 2.95. The van der Waals surface area contributed by atoms with Crippen LogP contribution >= 0.6 is 0 Å². The van der Waals surface area contributed by atoms with Crippen molar-refractivity contribution in [2.75, 3.05) is 0 Å². The van der Waals surface area contributed by atoms with Crippen LogP contribution in [0.3, 0.4) is 0 Å². The molecule has 0 N–H and O–H groups in total. The van der Waals surface area contributed by atoms with Crippen LogP contribution < -0.4 is 0 Å². The summed E-state index contributed by atoms with van der Waals surface area (Å²) in [5, 5.41) is 0. The molecule has 0 heterocycles. The maximum Gasteiger partial charge on any atom is 0.238 e. The molecule has 0 unspecified atom stereocenters. The molecular weight excluding hydrogens is 162 g/mol. The first-order valence-corrected chi connectivity index (χ1v) is 6.55. The zero-order valence-corrected chi connectivity index (χ0v) is 8.70. The molecule has 0 nitrogen and oxygen atoms in total. The van der Waals surface area contributed by atoms with Gasteiger partial charge in [-0.25, -0.2) is 8.78 Å². The number of alkyl halides is 2. The molecule has 0 aliphatic heterocycles. The van der Waals surface area contributed by atoms with Crippen molar-refractivity contribution >= 4 is 9.52 Å². The van der Waals surface area contributed by atoms with Gasteiger partial charge in [-0.2, -0.15) is 0 Å². The number of halogens is 2. The minimum Gasteiger partial charge on any atom is -0.211 e. The molecule has 0 radical (unpaired) electrons. The first-order chi connectivity index (χ1) is 5.27. The number of rotatable bonds is 7. The van der Waals surface area contributed by atoms with Crippen LogP contribution in [0.4, 0.5) is 8.78 Å². The van der Waals surface area contributed by atoms with Gasteiger partial charge in [0.1, 0.15) is 0 Å². The second-order valence-corrected chi connectivity index (χ2v) is 5.36. The molecule has 0 fully saturated rings. The van der Waals surface area contributed by atoms with Crippen molar-refractivity contribution in [3.8, 4) is 0 Å².